The Morgan fingerprint density at radius 3 is 2.41 bits per heavy atom. The van der Waals surface area contributed by atoms with Crippen molar-refractivity contribution in [3.05, 3.63) is 70.5 Å². The summed E-state index contributed by atoms with van der Waals surface area (Å²) in [6.07, 6.45) is 0. The topological polar surface area (TPSA) is 38.0 Å². The van der Waals surface area contributed by atoms with Gasteiger partial charge in [0.25, 0.3) is 0 Å². The molecule has 0 saturated carbocycles. The zero-order chi connectivity index (χ0) is 12.3. The number of benzene rings is 2. The summed E-state index contributed by atoms with van der Waals surface area (Å²) in [6.45, 7) is 0. The van der Waals surface area contributed by atoms with Crippen LogP contribution in [0.25, 0.3) is 0 Å². The number of rotatable bonds is 3. The molecule has 2 rings (SSSR count). The lowest BCUT2D eigenvalue weighted by Crippen LogP contribution is -2.29. The molecule has 0 saturated heterocycles. The van der Waals surface area contributed by atoms with Gasteiger partial charge < -0.3 is 0 Å². The molecule has 0 fully saturated rings. The molecule has 0 aliphatic heterocycles. The van der Waals surface area contributed by atoms with E-state index in [0.29, 0.717) is 5.56 Å². The Kier molecular flexibility index (Phi) is 3.74. The fraction of sp³-hybridized carbons (Fsp3) is 0.0769. The van der Waals surface area contributed by atoms with Crippen LogP contribution in [0.2, 0.25) is 5.02 Å². The van der Waals surface area contributed by atoms with Gasteiger partial charge in [-0.3, -0.25) is 5.84 Å². The summed E-state index contributed by atoms with van der Waals surface area (Å²) in [5, 5.41) is 0.0960. The van der Waals surface area contributed by atoms with Crippen LogP contribution in [0.1, 0.15) is 17.2 Å². The SMILES string of the molecule is NNC(c1ccccc1)c1cccc(Cl)c1F. The monoisotopic (exact) mass is 250 g/mol. The van der Waals surface area contributed by atoms with Crippen molar-refractivity contribution in [1.82, 2.24) is 5.43 Å². The quantitative estimate of drug-likeness (QED) is 0.649. The van der Waals surface area contributed by atoms with Crippen molar-refractivity contribution in [3.8, 4) is 0 Å². The largest absolute Gasteiger partial charge is 0.271 e. The molecule has 0 aliphatic carbocycles. The zero-order valence-corrected chi connectivity index (χ0v) is 9.79. The Balaban J connectivity index is 2.46. The van der Waals surface area contributed by atoms with Crippen LogP contribution in [0.5, 0.6) is 0 Å². The second kappa shape index (κ2) is 5.27. The molecule has 0 aliphatic rings. The Labute approximate surface area is 104 Å². The molecule has 1 atom stereocenters. The van der Waals surface area contributed by atoms with Gasteiger partial charge in [-0.1, -0.05) is 54.1 Å². The molecule has 0 aromatic heterocycles. The Bertz CT molecular complexity index is 502. The number of hydrogen-bond acceptors (Lipinski definition) is 2. The standard InChI is InChI=1S/C13H12ClFN2/c14-11-8-4-7-10(12(11)15)13(17-16)9-5-2-1-3-6-9/h1-8,13,17H,16H2. The molecule has 2 aromatic carbocycles. The van der Waals surface area contributed by atoms with E-state index >= 15 is 0 Å². The summed E-state index contributed by atoms with van der Waals surface area (Å²) in [4.78, 5) is 0. The maximum Gasteiger partial charge on any atom is 0.146 e. The molecular formula is C13H12ClFN2. The summed E-state index contributed by atoms with van der Waals surface area (Å²) in [5.74, 6) is 5.05. The van der Waals surface area contributed by atoms with Crippen molar-refractivity contribution >= 4 is 11.6 Å². The van der Waals surface area contributed by atoms with Gasteiger partial charge in [-0.2, -0.15) is 0 Å². The van der Waals surface area contributed by atoms with Crippen molar-refractivity contribution in [3.63, 3.8) is 0 Å². The number of hydrazine groups is 1. The second-order valence-corrected chi connectivity index (χ2v) is 4.06. The van der Waals surface area contributed by atoms with Gasteiger partial charge in [-0.15, -0.1) is 0 Å². The molecule has 88 valence electrons. The summed E-state index contributed by atoms with van der Waals surface area (Å²) in [7, 11) is 0. The fourth-order valence-electron chi connectivity index (χ4n) is 1.75. The fourth-order valence-corrected chi connectivity index (χ4v) is 1.94. The zero-order valence-electron chi connectivity index (χ0n) is 9.03. The predicted octanol–water partition coefficient (Wildman–Crippen LogP) is 3.03. The van der Waals surface area contributed by atoms with E-state index in [1.54, 1.807) is 12.1 Å². The maximum atomic E-state index is 13.9. The van der Waals surface area contributed by atoms with E-state index in [1.807, 2.05) is 30.3 Å². The van der Waals surface area contributed by atoms with E-state index in [0.717, 1.165) is 5.56 Å². The van der Waals surface area contributed by atoms with Crippen molar-refractivity contribution in [2.24, 2.45) is 5.84 Å². The third-order valence-electron chi connectivity index (χ3n) is 2.59. The molecule has 0 bridgehead atoms. The normalized spacial score (nSPS) is 12.4. The van der Waals surface area contributed by atoms with Crippen LogP contribution in [-0.2, 0) is 0 Å². The van der Waals surface area contributed by atoms with Gasteiger partial charge in [0.05, 0.1) is 11.1 Å². The average Bonchev–Trinajstić information content (AvgIpc) is 2.37. The first kappa shape index (κ1) is 12.0. The van der Waals surface area contributed by atoms with Gasteiger partial charge >= 0.3 is 0 Å². The summed E-state index contributed by atoms with van der Waals surface area (Å²) >= 11 is 5.76. The van der Waals surface area contributed by atoms with Gasteiger partial charge in [0.2, 0.25) is 0 Å². The number of hydrogen-bond donors (Lipinski definition) is 2. The van der Waals surface area contributed by atoms with Gasteiger partial charge in [-0.05, 0) is 11.6 Å². The van der Waals surface area contributed by atoms with E-state index in [2.05, 4.69) is 5.43 Å². The second-order valence-electron chi connectivity index (χ2n) is 3.65. The van der Waals surface area contributed by atoms with Crippen LogP contribution in [0.4, 0.5) is 4.39 Å². The highest BCUT2D eigenvalue weighted by Crippen LogP contribution is 2.27. The third-order valence-corrected chi connectivity index (χ3v) is 2.88. The van der Waals surface area contributed by atoms with E-state index in [-0.39, 0.29) is 5.02 Å². The molecule has 4 heteroatoms. The number of nitrogens with one attached hydrogen (secondary N) is 1. The highest BCUT2D eigenvalue weighted by atomic mass is 35.5. The lowest BCUT2D eigenvalue weighted by atomic mass is 9.99. The van der Waals surface area contributed by atoms with Crippen molar-refractivity contribution in [2.75, 3.05) is 0 Å². The summed E-state index contributed by atoms with van der Waals surface area (Å²) < 4.78 is 13.9. The third kappa shape index (κ3) is 2.47. The lowest BCUT2D eigenvalue weighted by molar-refractivity contribution is 0.560. The smallest absolute Gasteiger partial charge is 0.146 e. The lowest BCUT2D eigenvalue weighted by Gasteiger charge is -2.17. The minimum atomic E-state index is -0.444. The first-order chi connectivity index (χ1) is 8.24. The Hall–Kier alpha value is -1.42. The minimum absolute atomic E-state index is 0.0960. The van der Waals surface area contributed by atoms with Gasteiger partial charge in [0.1, 0.15) is 5.82 Å². The van der Waals surface area contributed by atoms with Crippen LogP contribution in [0, 0.1) is 5.82 Å². The van der Waals surface area contributed by atoms with Crippen molar-refractivity contribution < 1.29 is 4.39 Å². The molecule has 2 nitrogen and oxygen atoms in total. The average molecular weight is 251 g/mol. The predicted molar refractivity (Wildman–Crippen MR) is 67.0 cm³/mol. The first-order valence-corrected chi connectivity index (χ1v) is 5.57. The van der Waals surface area contributed by atoms with Crippen LogP contribution in [0.3, 0.4) is 0 Å². The van der Waals surface area contributed by atoms with Crippen LogP contribution < -0.4 is 11.3 Å². The molecular weight excluding hydrogens is 239 g/mol. The van der Waals surface area contributed by atoms with Gasteiger partial charge in [0, 0.05) is 5.56 Å². The first-order valence-electron chi connectivity index (χ1n) is 5.19. The molecule has 2 aromatic rings. The summed E-state index contributed by atoms with van der Waals surface area (Å²) in [5.41, 5.74) is 3.93. The highest BCUT2D eigenvalue weighted by Gasteiger charge is 2.17. The molecule has 0 heterocycles. The van der Waals surface area contributed by atoms with Gasteiger partial charge in [0.15, 0.2) is 0 Å². The van der Waals surface area contributed by atoms with Crippen LogP contribution in [0.15, 0.2) is 48.5 Å². The van der Waals surface area contributed by atoms with Crippen LogP contribution >= 0.6 is 11.6 Å². The van der Waals surface area contributed by atoms with Gasteiger partial charge in [-0.25, -0.2) is 9.82 Å². The van der Waals surface area contributed by atoms with E-state index in [1.165, 1.54) is 6.07 Å². The molecule has 0 spiro atoms. The van der Waals surface area contributed by atoms with Crippen LogP contribution in [-0.4, -0.2) is 0 Å². The van der Waals surface area contributed by atoms with Crippen molar-refractivity contribution in [2.45, 2.75) is 6.04 Å². The molecule has 0 amide bonds. The molecule has 0 radical (unpaired) electrons. The number of nitrogens with two attached hydrogens (primary N) is 1. The summed E-state index contributed by atoms with van der Waals surface area (Å²) in [6, 6.07) is 13.9. The van der Waals surface area contributed by atoms with E-state index in [9.17, 15) is 4.39 Å². The Morgan fingerprint density at radius 2 is 1.76 bits per heavy atom. The van der Waals surface area contributed by atoms with E-state index in [4.69, 9.17) is 17.4 Å². The molecule has 17 heavy (non-hydrogen) atoms. The van der Waals surface area contributed by atoms with E-state index < -0.39 is 11.9 Å². The van der Waals surface area contributed by atoms with Crippen molar-refractivity contribution in [1.29, 1.82) is 0 Å². The maximum absolute atomic E-state index is 13.9. The minimum Gasteiger partial charge on any atom is -0.271 e. The highest BCUT2D eigenvalue weighted by molar-refractivity contribution is 6.30. The Morgan fingerprint density at radius 1 is 1.06 bits per heavy atom. The number of halogens is 2. The molecule has 1 unspecified atom stereocenters. The molecule has 3 N–H and O–H groups in total.